The molecule has 0 spiro atoms. The minimum atomic E-state index is -0.188. The van der Waals surface area contributed by atoms with Crippen LogP contribution in [0, 0.1) is 0 Å². The molecule has 1 aliphatic heterocycles. The van der Waals surface area contributed by atoms with E-state index in [1.807, 2.05) is 26.8 Å². The summed E-state index contributed by atoms with van der Waals surface area (Å²) in [5.41, 5.74) is 1.73. The maximum Gasteiger partial charge on any atom is 0.159 e. The molecule has 1 heterocycles. The fourth-order valence-corrected chi connectivity index (χ4v) is 2.09. The number of carbonyl (C=O) groups excluding carboxylic acids is 1. The van der Waals surface area contributed by atoms with Crippen molar-refractivity contribution < 1.29 is 9.90 Å². The average Bonchev–Trinajstić information content (AvgIpc) is 2.70. The third-order valence-electron chi connectivity index (χ3n) is 3.51. The number of rotatable bonds is 5. The zero-order valence-electron chi connectivity index (χ0n) is 13.1. The highest BCUT2D eigenvalue weighted by Gasteiger charge is 2.28. The summed E-state index contributed by atoms with van der Waals surface area (Å²) in [5.74, 6) is 0.0225. The SMILES string of the molecule is C=C(/C=C(\C)CCN1CCC(O)C1C)C(C)=O.CC. The summed E-state index contributed by atoms with van der Waals surface area (Å²) in [6, 6.07) is 0.249. The van der Waals surface area contributed by atoms with Crippen molar-refractivity contribution in [1.82, 2.24) is 4.90 Å². The van der Waals surface area contributed by atoms with E-state index < -0.39 is 0 Å². The van der Waals surface area contributed by atoms with Gasteiger partial charge in [0.05, 0.1) is 6.10 Å². The van der Waals surface area contributed by atoms with Gasteiger partial charge in [-0.3, -0.25) is 9.69 Å². The number of ketones is 1. The number of hydrogen-bond acceptors (Lipinski definition) is 3. The maximum absolute atomic E-state index is 11.0. The summed E-state index contributed by atoms with van der Waals surface area (Å²) < 4.78 is 0. The quantitative estimate of drug-likeness (QED) is 0.615. The molecule has 0 amide bonds. The summed E-state index contributed by atoms with van der Waals surface area (Å²) in [6.45, 7) is 15.2. The number of nitrogens with zero attached hydrogens (tertiary/aromatic N) is 1. The van der Waals surface area contributed by atoms with Crippen LogP contribution >= 0.6 is 0 Å². The van der Waals surface area contributed by atoms with Crippen molar-refractivity contribution in [3.8, 4) is 0 Å². The van der Waals surface area contributed by atoms with Gasteiger partial charge in [0.15, 0.2) is 5.78 Å². The molecule has 110 valence electrons. The predicted molar refractivity (Wildman–Crippen MR) is 81.2 cm³/mol. The Labute approximate surface area is 118 Å². The molecule has 1 N–H and O–H groups in total. The molecule has 2 atom stereocenters. The summed E-state index contributed by atoms with van der Waals surface area (Å²) in [5, 5.41) is 9.64. The van der Waals surface area contributed by atoms with Crippen LogP contribution in [0.3, 0.4) is 0 Å². The van der Waals surface area contributed by atoms with E-state index in [2.05, 4.69) is 18.4 Å². The molecule has 2 unspecified atom stereocenters. The molecule has 1 saturated heterocycles. The fourth-order valence-electron chi connectivity index (χ4n) is 2.09. The maximum atomic E-state index is 11.0. The van der Waals surface area contributed by atoms with Gasteiger partial charge in [0, 0.05) is 24.7 Å². The van der Waals surface area contributed by atoms with Crippen molar-refractivity contribution in [1.29, 1.82) is 0 Å². The first-order valence-electron chi connectivity index (χ1n) is 7.21. The van der Waals surface area contributed by atoms with Crippen LogP contribution in [0.25, 0.3) is 0 Å². The van der Waals surface area contributed by atoms with E-state index in [4.69, 9.17) is 0 Å². The third-order valence-corrected chi connectivity index (χ3v) is 3.51. The van der Waals surface area contributed by atoms with Gasteiger partial charge in [-0.15, -0.1) is 0 Å². The normalized spacial score (nSPS) is 23.8. The molecule has 0 aliphatic carbocycles. The molecule has 0 bridgehead atoms. The van der Waals surface area contributed by atoms with Crippen LogP contribution in [-0.4, -0.2) is 41.0 Å². The van der Waals surface area contributed by atoms with Crippen LogP contribution < -0.4 is 0 Å². The van der Waals surface area contributed by atoms with Crippen LogP contribution in [0.1, 0.15) is 47.5 Å². The lowest BCUT2D eigenvalue weighted by atomic mass is 10.1. The Morgan fingerprint density at radius 2 is 2.00 bits per heavy atom. The fraction of sp³-hybridized carbons (Fsp3) is 0.688. The second-order valence-electron chi connectivity index (χ2n) is 4.95. The first-order chi connectivity index (χ1) is 8.91. The predicted octanol–water partition coefficient (Wildman–Crippen LogP) is 2.95. The lowest BCUT2D eigenvalue weighted by Crippen LogP contribution is -2.33. The van der Waals surface area contributed by atoms with Crippen LogP contribution in [-0.2, 0) is 4.79 Å². The van der Waals surface area contributed by atoms with Crippen LogP contribution in [0.15, 0.2) is 23.8 Å². The van der Waals surface area contributed by atoms with E-state index in [0.717, 1.165) is 25.9 Å². The van der Waals surface area contributed by atoms with E-state index in [-0.39, 0.29) is 17.9 Å². The van der Waals surface area contributed by atoms with Crippen molar-refractivity contribution >= 4 is 5.78 Å². The minimum absolute atomic E-state index is 0.0225. The Hall–Kier alpha value is -0.930. The summed E-state index contributed by atoms with van der Waals surface area (Å²) >= 11 is 0. The van der Waals surface area contributed by atoms with Gasteiger partial charge in [0.2, 0.25) is 0 Å². The molecule has 0 aromatic rings. The number of aliphatic hydroxyl groups excluding tert-OH is 1. The first kappa shape index (κ1) is 18.1. The Bertz CT molecular complexity index is 334. The molecule has 1 rings (SSSR count). The molecule has 3 heteroatoms. The van der Waals surface area contributed by atoms with Crippen molar-refractivity contribution in [2.75, 3.05) is 13.1 Å². The molecule has 0 aromatic heterocycles. The van der Waals surface area contributed by atoms with Gasteiger partial charge in [-0.05, 0) is 33.6 Å². The van der Waals surface area contributed by atoms with Crippen molar-refractivity contribution in [3.63, 3.8) is 0 Å². The summed E-state index contributed by atoms with van der Waals surface area (Å²) in [7, 11) is 0. The van der Waals surface area contributed by atoms with Gasteiger partial charge >= 0.3 is 0 Å². The number of Topliss-reactive ketones (excluding diaryl/α,β-unsaturated/α-hetero) is 1. The number of hydrogen-bond donors (Lipinski definition) is 1. The lowest BCUT2D eigenvalue weighted by Gasteiger charge is -2.22. The summed E-state index contributed by atoms with van der Waals surface area (Å²) in [4.78, 5) is 13.3. The van der Waals surface area contributed by atoms with Gasteiger partial charge in [0.25, 0.3) is 0 Å². The standard InChI is InChI=1S/C14H23NO2.C2H6/c1-10(9-11(2)13(4)16)5-7-15-8-6-14(17)12(15)3;1-2/h9,12,14,17H,2,5-8H2,1,3-4H3;1-2H3/b10-9+;. The Morgan fingerprint density at radius 3 is 2.42 bits per heavy atom. The molecular formula is C16H29NO2. The molecule has 1 fully saturated rings. The smallest absolute Gasteiger partial charge is 0.159 e. The molecule has 0 radical (unpaired) electrons. The molecule has 0 aromatic carbocycles. The highest BCUT2D eigenvalue weighted by Crippen LogP contribution is 2.18. The second-order valence-corrected chi connectivity index (χ2v) is 4.95. The Kier molecular flexibility index (Phi) is 8.61. The summed E-state index contributed by atoms with van der Waals surface area (Å²) in [6.07, 6.45) is 3.46. The number of likely N-dealkylation sites (tertiary alicyclic amines) is 1. The van der Waals surface area contributed by atoms with E-state index >= 15 is 0 Å². The zero-order valence-corrected chi connectivity index (χ0v) is 13.1. The van der Waals surface area contributed by atoms with E-state index in [9.17, 15) is 9.90 Å². The van der Waals surface area contributed by atoms with Crippen molar-refractivity contribution in [2.45, 2.75) is 59.6 Å². The lowest BCUT2D eigenvalue weighted by molar-refractivity contribution is -0.113. The molecule has 3 nitrogen and oxygen atoms in total. The molecule has 19 heavy (non-hydrogen) atoms. The van der Waals surface area contributed by atoms with Crippen LogP contribution in [0.2, 0.25) is 0 Å². The van der Waals surface area contributed by atoms with Crippen LogP contribution in [0.4, 0.5) is 0 Å². The second kappa shape index (κ2) is 9.05. The van der Waals surface area contributed by atoms with Gasteiger partial charge in [-0.2, -0.15) is 0 Å². The van der Waals surface area contributed by atoms with Gasteiger partial charge in [-0.1, -0.05) is 32.1 Å². The molecular weight excluding hydrogens is 238 g/mol. The monoisotopic (exact) mass is 267 g/mol. The average molecular weight is 267 g/mol. The van der Waals surface area contributed by atoms with Crippen LogP contribution in [0.5, 0.6) is 0 Å². The molecule has 0 saturated carbocycles. The molecule has 1 aliphatic rings. The minimum Gasteiger partial charge on any atom is -0.391 e. The highest BCUT2D eigenvalue weighted by molar-refractivity contribution is 5.95. The Morgan fingerprint density at radius 1 is 1.42 bits per heavy atom. The van der Waals surface area contributed by atoms with Gasteiger partial charge in [0.1, 0.15) is 0 Å². The number of allylic oxidation sites excluding steroid dienone is 2. The highest BCUT2D eigenvalue weighted by atomic mass is 16.3. The first-order valence-corrected chi connectivity index (χ1v) is 7.21. The third kappa shape index (κ3) is 6.17. The van der Waals surface area contributed by atoms with E-state index in [1.165, 1.54) is 12.5 Å². The van der Waals surface area contributed by atoms with Crippen molar-refractivity contribution in [3.05, 3.63) is 23.8 Å². The number of aliphatic hydroxyl groups is 1. The van der Waals surface area contributed by atoms with Gasteiger partial charge < -0.3 is 5.11 Å². The largest absolute Gasteiger partial charge is 0.391 e. The van der Waals surface area contributed by atoms with E-state index in [0.29, 0.717) is 5.57 Å². The van der Waals surface area contributed by atoms with E-state index in [1.54, 1.807) is 0 Å². The Balaban J connectivity index is 0.00000154. The van der Waals surface area contributed by atoms with Gasteiger partial charge in [-0.25, -0.2) is 0 Å². The van der Waals surface area contributed by atoms with Crippen molar-refractivity contribution in [2.24, 2.45) is 0 Å². The zero-order chi connectivity index (χ0) is 15.0. The topological polar surface area (TPSA) is 40.5 Å². The number of carbonyl (C=O) groups is 1.